The molecule has 0 saturated heterocycles. The van der Waals surface area contributed by atoms with Gasteiger partial charge in [0.05, 0.1) is 11.9 Å². The van der Waals surface area contributed by atoms with Crippen molar-refractivity contribution in [1.82, 2.24) is 20.2 Å². The van der Waals surface area contributed by atoms with Gasteiger partial charge in [0.2, 0.25) is 0 Å². The van der Waals surface area contributed by atoms with Gasteiger partial charge in [-0.2, -0.15) is 4.80 Å². The monoisotopic (exact) mass is 304 g/mol. The highest BCUT2D eigenvalue weighted by molar-refractivity contribution is 7.93. The molecule has 21 heavy (non-hydrogen) atoms. The summed E-state index contributed by atoms with van der Waals surface area (Å²) in [6, 6.07) is 10.0. The maximum absolute atomic E-state index is 12.5. The molecule has 3 rings (SSSR count). The van der Waals surface area contributed by atoms with Crippen molar-refractivity contribution in [1.29, 1.82) is 0 Å². The first-order chi connectivity index (χ1) is 9.97. The van der Waals surface area contributed by atoms with Crippen LogP contribution in [0.5, 0.6) is 0 Å². The van der Waals surface area contributed by atoms with E-state index in [1.165, 1.54) is 10.9 Å². The van der Waals surface area contributed by atoms with E-state index < -0.39 is 10.0 Å². The van der Waals surface area contributed by atoms with Crippen molar-refractivity contribution < 1.29 is 8.42 Å². The zero-order chi connectivity index (χ0) is 15.0. The highest BCUT2D eigenvalue weighted by atomic mass is 32.2. The Morgan fingerprint density at radius 2 is 1.86 bits per heavy atom. The van der Waals surface area contributed by atoms with E-state index in [1.54, 1.807) is 37.4 Å². The van der Waals surface area contributed by atoms with Crippen LogP contribution in [0.2, 0.25) is 0 Å². The molecule has 3 N–H and O–H groups in total. The van der Waals surface area contributed by atoms with E-state index in [2.05, 4.69) is 20.1 Å². The van der Waals surface area contributed by atoms with Crippen molar-refractivity contribution in [2.45, 2.75) is 4.90 Å². The third-order valence-electron chi connectivity index (χ3n) is 2.94. The van der Waals surface area contributed by atoms with Crippen molar-refractivity contribution in [3.8, 4) is 0 Å². The third kappa shape index (κ3) is 2.38. The lowest BCUT2D eigenvalue weighted by atomic mass is 10.1. The molecule has 0 fully saturated rings. The molecule has 0 unspecified atom stereocenters. The summed E-state index contributed by atoms with van der Waals surface area (Å²) in [5, 5.41) is 12.2. The number of sulfonamides is 1. The minimum atomic E-state index is -3.83. The maximum atomic E-state index is 12.5. The zero-order valence-electron chi connectivity index (χ0n) is 11.1. The smallest absolute Gasteiger partial charge is 0.277 e. The number of nitrogens with one attached hydrogen (secondary N) is 1. The second-order valence-electron chi connectivity index (χ2n) is 4.41. The Morgan fingerprint density at radius 3 is 2.52 bits per heavy atom. The summed E-state index contributed by atoms with van der Waals surface area (Å²) in [6.07, 6.45) is 0. The second kappa shape index (κ2) is 4.70. The number of aromatic nitrogens is 4. The van der Waals surface area contributed by atoms with Crippen LogP contribution in [0.1, 0.15) is 0 Å². The van der Waals surface area contributed by atoms with E-state index in [-0.39, 0.29) is 10.8 Å². The molecule has 1 heterocycles. The van der Waals surface area contributed by atoms with Crippen LogP contribution in [0.25, 0.3) is 10.8 Å². The van der Waals surface area contributed by atoms with E-state index >= 15 is 0 Å². The highest BCUT2D eigenvalue weighted by Crippen LogP contribution is 2.28. The molecule has 0 spiro atoms. The van der Waals surface area contributed by atoms with Crippen molar-refractivity contribution in [3.63, 3.8) is 0 Å². The lowest BCUT2D eigenvalue weighted by Gasteiger charge is -2.09. The topological polar surface area (TPSA) is 116 Å². The number of hydrogen-bond donors (Lipinski definition) is 2. The summed E-state index contributed by atoms with van der Waals surface area (Å²) in [7, 11) is -2.28. The fourth-order valence-electron chi connectivity index (χ4n) is 2.03. The highest BCUT2D eigenvalue weighted by Gasteiger charge is 2.20. The molecule has 8 nitrogen and oxygen atoms in total. The Morgan fingerprint density at radius 1 is 1.14 bits per heavy atom. The molecular weight excluding hydrogens is 292 g/mol. The summed E-state index contributed by atoms with van der Waals surface area (Å²) in [6.45, 7) is 0. The zero-order valence-corrected chi connectivity index (χ0v) is 11.9. The van der Waals surface area contributed by atoms with Gasteiger partial charge in [0.1, 0.15) is 0 Å². The first-order valence-corrected chi connectivity index (χ1v) is 7.50. The molecule has 1 aromatic heterocycles. The number of tetrazole rings is 1. The predicted molar refractivity (Wildman–Crippen MR) is 78.0 cm³/mol. The summed E-state index contributed by atoms with van der Waals surface area (Å²) < 4.78 is 27.2. The Bertz CT molecular complexity index is 918. The Hall–Kier alpha value is -2.68. The standard InChI is InChI=1S/C12H12N6O2S/c1-18-15-12(14-17-18)16-21(19,20)11-7-6-10(13)8-4-2-3-5-9(8)11/h2-7H,13H2,1H3,(H,15,16). The van der Waals surface area contributed by atoms with Gasteiger partial charge < -0.3 is 5.73 Å². The predicted octanol–water partition coefficient (Wildman–Crippen LogP) is 0.746. The molecule has 0 bridgehead atoms. The van der Waals surface area contributed by atoms with Crippen molar-refractivity contribution in [2.24, 2.45) is 7.05 Å². The van der Waals surface area contributed by atoms with Gasteiger partial charge in [-0.3, -0.25) is 0 Å². The molecule has 0 saturated carbocycles. The molecule has 0 radical (unpaired) electrons. The van der Waals surface area contributed by atoms with Gasteiger partial charge in [-0.25, -0.2) is 13.1 Å². The van der Waals surface area contributed by atoms with Gasteiger partial charge in [-0.05, 0) is 17.3 Å². The Balaban J connectivity index is 2.13. The first kappa shape index (κ1) is 13.3. The number of nitrogen functional groups attached to an aromatic ring is 1. The van der Waals surface area contributed by atoms with Crippen molar-refractivity contribution >= 4 is 32.4 Å². The third-order valence-corrected chi connectivity index (χ3v) is 4.33. The summed E-state index contributed by atoms with van der Waals surface area (Å²) >= 11 is 0. The number of rotatable bonds is 3. The SMILES string of the molecule is Cn1nnc(NS(=O)(=O)c2ccc(N)c3ccccc23)n1. The number of benzene rings is 2. The van der Waals surface area contributed by atoms with Crippen LogP contribution < -0.4 is 10.5 Å². The molecule has 108 valence electrons. The van der Waals surface area contributed by atoms with E-state index in [9.17, 15) is 8.42 Å². The molecule has 0 aliphatic rings. The lowest BCUT2D eigenvalue weighted by Crippen LogP contribution is -2.15. The molecule has 3 aromatic rings. The second-order valence-corrected chi connectivity index (χ2v) is 6.06. The molecule has 2 aromatic carbocycles. The van der Waals surface area contributed by atoms with Crippen molar-refractivity contribution in [3.05, 3.63) is 36.4 Å². The number of fused-ring (bicyclic) bond motifs is 1. The number of nitrogens with two attached hydrogens (primary N) is 1. The normalized spacial score (nSPS) is 11.7. The van der Waals surface area contributed by atoms with E-state index in [0.717, 1.165) is 0 Å². The Labute approximate surface area is 120 Å². The molecule has 0 aliphatic carbocycles. The molecule has 0 amide bonds. The van der Waals surface area contributed by atoms with Gasteiger partial charge in [0.15, 0.2) is 0 Å². The lowest BCUT2D eigenvalue weighted by molar-refractivity contribution is 0.601. The molecule has 0 atom stereocenters. The van der Waals surface area contributed by atoms with E-state index in [0.29, 0.717) is 16.5 Å². The van der Waals surface area contributed by atoms with E-state index in [4.69, 9.17) is 5.73 Å². The number of anilines is 2. The largest absolute Gasteiger partial charge is 0.398 e. The Kier molecular flexibility index (Phi) is 2.98. The summed E-state index contributed by atoms with van der Waals surface area (Å²) in [5.74, 6) is -0.0848. The number of nitrogens with zero attached hydrogens (tertiary/aromatic N) is 4. The fourth-order valence-corrected chi connectivity index (χ4v) is 3.18. The minimum absolute atomic E-state index is 0.0848. The average molecular weight is 304 g/mol. The van der Waals surface area contributed by atoms with E-state index in [1.807, 2.05) is 0 Å². The molecule has 0 aliphatic heterocycles. The van der Waals surface area contributed by atoms with Gasteiger partial charge >= 0.3 is 0 Å². The molecular formula is C12H12N6O2S. The van der Waals surface area contributed by atoms with Gasteiger partial charge in [0.25, 0.3) is 16.0 Å². The quantitative estimate of drug-likeness (QED) is 0.690. The van der Waals surface area contributed by atoms with Crippen LogP contribution in [0.15, 0.2) is 41.3 Å². The maximum Gasteiger partial charge on any atom is 0.277 e. The first-order valence-electron chi connectivity index (χ1n) is 6.01. The fraction of sp³-hybridized carbons (Fsp3) is 0.0833. The van der Waals surface area contributed by atoms with Gasteiger partial charge in [0, 0.05) is 16.5 Å². The van der Waals surface area contributed by atoms with Crippen LogP contribution in [-0.4, -0.2) is 28.6 Å². The minimum Gasteiger partial charge on any atom is -0.398 e. The summed E-state index contributed by atoms with van der Waals surface area (Å²) in [4.78, 5) is 1.28. The molecule has 9 heteroatoms. The van der Waals surface area contributed by atoms with Crippen LogP contribution in [0, 0.1) is 0 Å². The van der Waals surface area contributed by atoms with Gasteiger partial charge in [-0.15, -0.1) is 5.10 Å². The van der Waals surface area contributed by atoms with Gasteiger partial charge in [-0.1, -0.05) is 29.4 Å². The number of aryl methyl sites for hydroxylation is 1. The van der Waals surface area contributed by atoms with Crippen LogP contribution in [0.4, 0.5) is 11.6 Å². The average Bonchev–Trinajstić information content (AvgIpc) is 2.83. The summed E-state index contributed by atoms with van der Waals surface area (Å²) in [5.41, 5.74) is 6.39. The van der Waals surface area contributed by atoms with Crippen LogP contribution >= 0.6 is 0 Å². The van der Waals surface area contributed by atoms with Crippen molar-refractivity contribution in [2.75, 3.05) is 10.5 Å². The van der Waals surface area contributed by atoms with Crippen LogP contribution in [0.3, 0.4) is 0 Å². The van der Waals surface area contributed by atoms with Crippen LogP contribution in [-0.2, 0) is 17.1 Å². The number of hydrogen-bond acceptors (Lipinski definition) is 6.